The van der Waals surface area contributed by atoms with Crippen LogP contribution in [-0.4, -0.2) is 20.9 Å². The van der Waals surface area contributed by atoms with Gasteiger partial charge >= 0.3 is 0 Å². The number of nitro benzene ring substituents is 1. The zero-order valence-electron chi connectivity index (χ0n) is 15.4. The lowest BCUT2D eigenvalue weighted by Crippen LogP contribution is -2.29. The van der Waals surface area contributed by atoms with Gasteiger partial charge in [-0.25, -0.2) is 0 Å². The first kappa shape index (κ1) is 17.5. The van der Waals surface area contributed by atoms with Crippen molar-refractivity contribution in [2.75, 3.05) is 6.54 Å². The van der Waals surface area contributed by atoms with Crippen molar-refractivity contribution in [1.29, 1.82) is 0 Å². The number of hydrogen-bond donors (Lipinski definition) is 0. The van der Waals surface area contributed by atoms with Crippen LogP contribution in [0.2, 0.25) is 0 Å². The minimum Gasteiger partial charge on any atom is -0.350 e. The van der Waals surface area contributed by atoms with Crippen LogP contribution in [0.15, 0.2) is 66.9 Å². The summed E-state index contributed by atoms with van der Waals surface area (Å²) in [5.41, 5.74) is 5.01. The Bertz CT molecular complexity index is 929. The molecule has 0 saturated heterocycles. The van der Waals surface area contributed by atoms with Crippen LogP contribution in [0.25, 0.3) is 0 Å². The van der Waals surface area contributed by atoms with Gasteiger partial charge in [0.25, 0.3) is 5.69 Å². The van der Waals surface area contributed by atoms with Crippen molar-refractivity contribution in [3.8, 4) is 0 Å². The number of benzene rings is 2. The van der Waals surface area contributed by atoms with Crippen molar-refractivity contribution in [2.45, 2.75) is 32.5 Å². The molecule has 138 valence electrons. The Morgan fingerprint density at radius 1 is 1.04 bits per heavy atom. The number of hydrogen-bond acceptors (Lipinski definition) is 3. The highest BCUT2D eigenvalue weighted by atomic mass is 16.6. The Hall–Kier alpha value is -2.92. The minimum absolute atomic E-state index is 0.0876. The van der Waals surface area contributed by atoms with E-state index < -0.39 is 0 Å². The number of aromatic nitrogens is 1. The van der Waals surface area contributed by atoms with Gasteiger partial charge in [0, 0.05) is 43.7 Å². The molecule has 0 saturated carbocycles. The predicted octanol–water partition coefficient (Wildman–Crippen LogP) is 4.70. The summed E-state index contributed by atoms with van der Waals surface area (Å²) in [5.74, 6) is 0. The van der Waals surface area contributed by atoms with Gasteiger partial charge in [0.2, 0.25) is 0 Å². The Kier molecular flexibility index (Phi) is 4.77. The summed E-state index contributed by atoms with van der Waals surface area (Å²) in [6.07, 6.45) is 3.21. The maximum atomic E-state index is 11.0. The molecule has 4 rings (SSSR count). The van der Waals surface area contributed by atoms with Crippen LogP contribution in [0, 0.1) is 17.0 Å². The smallest absolute Gasteiger partial charge is 0.269 e. The molecular formula is C22H23N3O2. The van der Waals surface area contributed by atoms with Gasteiger partial charge in [-0.1, -0.05) is 42.0 Å². The molecule has 5 nitrogen and oxygen atoms in total. The van der Waals surface area contributed by atoms with Gasteiger partial charge < -0.3 is 4.57 Å². The van der Waals surface area contributed by atoms with E-state index in [1.54, 1.807) is 12.1 Å². The average molecular weight is 361 g/mol. The summed E-state index contributed by atoms with van der Waals surface area (Å²) in [6.45, 7) is 4.93. The van der Waals surface area contributed by atoms with Crippen molar-refractivity contribution in [3.63, 3.8) is 0 Å². The molecule has 1 atom stereocenters. The molecule has 3 aromatic rings. The van der Waals surface area contributed by atoms with E-state index in [1.165, 1.54) is 16.8 Å². The first-order valence-electron chi connectivity index (χ1n) is 9.31. The number of nitrogens with zero attached hydrogens (tertiary/aromatic N) is 3. The number of rotatable bonds is 4. The summed E-state index contributed by atoms with van der Waals surface area (Å²) in [4.78, 5) is 13.2. The zero-order valence-corrected chi connectivity index (χ0v) is 15.4. The Morgan fingerprint density at radius 3 is 2.48 bits per heavy atom. The van der Waals surface area contributed by atoms with Crippen molar-refractivity contribution < 1.29 is 4.92 Å². The molecule has 0 N–H and O–H groups in total. The molecule has 0 radical (unpaired) electrons. The highest BCUT2D eigenvalue weighted by molar-refractivity contribution is 5.38. The lowest BCUT2D eigenvalue weighted by Gasteiger charge is -2.30. The Morgan fingerprint density at radius 2 is 1.78 bits per heavy atom. The van der Waals surface area contributed by atoms with Crippen LogP contribution in [0.1, 0.15) is 34.8 Å². The third-order valence-electron chi connectivity index (χ3n) is 5.28. The minimum atomic E-state index is -0.344. The van der Waals surface area contributed by atoms with Gasteiger partial charge in [0.15, 0.2) is 0 Å². The fourth-order valence-electron chi connectivity index (χ4n) is 3.90. The van der Waals surface area contributed by atoms with Crippen LogP contribution in [0.3, 0.4) is 0 Å². The SMILES string of the molecule is Cc1ccc(CN2CCCn3cccc3C2c2ccc([N+](=O)[O-])cc2)cc1. The third-order valence-corrected chi connectivity index (χ3v) is 5.28. The summed E-state index contributed by atoms with van der Waals surface area (Å²) >= 11 is 0. The normalized spacial score (nSPS) is 17.3. The van der Waals surface area contributed by atoms with Crippen molar-refractivity contribution >= 4 is 5.69 Å². The Labute approximate surface area is 159 Å². The van der Waals surface area contributed by atoms with Crippen LogP contribution >= 0.6 is 0 Å². The molecule has 0 fully saturated rings. The second kappa shape index (κ2) is 7.37. The number of nitro groups is 1. The second-order valence-corrected chi connectivity index (χ2v) is 7.19. The molecule has 2 heterocycles. The predicted molar refractivity (Wildman–Crippen MR) is 106 cm³/mol. The lowest BCUT2D eigenvalue weighted by atomic mass is 10.0. The maximum absolute atomic E-state index is 11.0. The maximum Gasteiger partial charge on any atom is 0.269 e. The molecular weight excluding hydrogens is 338 g/mol. The monoisotopic (exact) mass is 361 g/mol. The van der Waals surface area contributed by atoms with Crippen LogP contribution in [-0.2, 0) is 13.1 Å². The quantitative estimate of drug-likeness (QED) is 0.500. The first-order valence-corrected chi connectivity index (χ1v) is 9.31. The highest BCUT2D eigenvalue weighted by Gasteiger charge is 2.27. The van der Waals surface area contributed by atoms with E-state index in [1.807, 2.05) is 12.1 Å². The lowest BCUT2D eigenvalue weighted by molar-refractivity contribution is -0.384. The first-order chi connectivity index (χ1) is 13.1. The molecule has 0 amide bonds. The zero-order chi connectivity index (χ0) is 18.8. The molecule has 27 heavy (non-hydrogen) atoms. The van der Waals surface area contributed by atoms with Crippen molar-refractivity contribution in [3.05, 3.63) is 99.4 Å². The molecule has 5 heteroatoms. The summed E-state index contributed by atoms with van der Waals surface area (Å²) in [7, 11) is 0. The van der Waals surface area contributed by atoms with Crippen LogP contribution < -0.4 is 0 Å². The fraction of sp³-hybridized carbons (Fsp3) is 0.273. The summed E-state index contributed by atoms with van der Waals surface area (Å²) < 4.78 is 2.31. The van der Waals surface area contributed by atoms with E-state index in [9.17, 15) is 10.1 Å². The van der Waals surface area contributed by atoms with Gasteiger partial charge in [-0.05, 0) is 36.6 Å². The fourth-order valence-corrected chi connectivity index (χ4v) is 3.90. The van der Waals surface area contributed by atoms with Crippen molar-refractivity contribution in [1.82, 2.24) is 9.47 Å². The molecule has 1 aromatic heterocycles. The van der Waals surface area contributed by atoms with Gasteiger partial charge in [0.05, 0.1) is 11.0 Å². The molecule has 2 aromatic carbocycles. The largest absolute Gasteiger partial charge is 0.350 e. The van der Waals surface area contributed by atoms with Gasteiger partial charge in [-0.15, -0.1) is 0 Å². The van der Waals surface area contributed by atoms with E-state index in [2.05, 4.69) is 59.0 Å². The molecule has 1 aliphatic heterocycles. The van der Waals surface area contributed by atoms with E-state index in [4.69, 9.17) is 0 Å². The topological polar surface area (TPSA) is 51.3 Å². The molecule has 1 aliphatic rings. The third kappa shape index (κ3) is 3.64. The number of fused-ring (bicyclic) bond motifs is 1. The Balaban J connectivity index is 1.71. The molecule has 1 unspecified atom stereocenters. The average Bonchev–Trinajstić information content (AvgIpc) is 3.05. The van der Waals surface area contributed by atoms with Crippen LogP contribution in [0.5, 0.6) is 0 Å². The van der Waals surface area contributed by atoms with Crippen molar-refractivity contribution in [2.24, 2.45) is 0 Å². The van der Waals surface area contributed by atoms with E-state index in [0.717, 1.165) is 31.6 Å². The molecule has 0 bridgehead atoms. The van der Waals surface area contributed by atoms with E-state index in [-0.39, 0.29) is 16.7 Å². The van der Waals surface area contributed by atoms with Gasteiger partial charge in [0.1, 0.15) is 0 Å². The van der Waals surface area contributed by atoms with Gasteiger partial charge in [-0.2, -0.15) is 0 Å². The second-order valence-electron chi connectivity index (χ2n) is 7.19. The van der Waals surface area contributed by atoms with Gasteiger partial charge in [-0.3, -0.25) is 15.0 Å². The summed E-state index contributed by atoms with van der Waals surface area (Å²) in [5, 5.41) is 11.0. The van der Waals surface area contributed by atoms with E-state index >= 15 is 0 Å². The highest BCUT2D eigenvalue weighted by Crippen LogP contribution is 2.33. The standard InChI is InChI=1S/C22H23N3O2/c1-17-5-7-18(8-6-17)16-24-15-3-14-23-13-2-4-21(23)22(24)19-9-11-20(12-10-19)25(26)27/h2,4-13,22H,3,14-16H2,1H3. The molecule has 0 aliphatic carbocycles. The van der Waals surface area contributed by atoms with Crippen LogP contribution in [0.4, 0.5) is 5.69 Å². The number of non-ortho nitro benzene ring substituents is 1. The summed E-state index contributed by atoms with van der Waals surface area (Å²) in [6, 6.07) is 20.0. The van der Waals surface area contributed by atoms with E-state index in [0.29, 0.717) is 0 Å². The molecule has 0 spiro atoms. The number of aryl methyl sites for hydroxylation is 2.